The molecular weight excluding hydrogens is 372 g/mol. The molecule has 0 fully saturated rings. The Morgan fingerprint density at radius 3 is 2.41 bits per heavy atom. The van der Waals surface area contributed by atoms with Crippen LogP contribution < -0.4 is 5.32 Å². The Morgan fingerprint density at radius 2 is 1.69 bits per heavy atom. The van der Waals surface area contributed by atoms with E-state index in [-0.39, 0.29) is 11.3 Å². The van der Waals surface area contributed by atoms with Crippen LogP contribution >= 0.6 is 0 Å². The van der Waals surface area contributed by atoms with E-state index in [4.69, 9.17) is 0 Å². The summed E-state index contributed by atoms with van der Waals surface area (Å²) in [6.45, 7) is 1.93. The number of nitrogens with zero attached hydrogens (tertiary/aromatic N) is 2. The average molecular weight is 389 g/mol. The maximum Gasteiger partial charge on any atom is 0.259 e. The van der Waals surface area contributed by atoms with Crippen LogP contribution in [-0.2, 0) is 0 Å². The summed E-state index contributed by atoms with van der Waals surface area (Å²) in [6.07, 6.45) is 1.61. The molecule has 0 spiro atoms. The van der Waals surface area contributed by atoms with E-state index in [1.165, 1.54) is 6.07 Å². The quantitative estimate of drug-likeness (QED) is 0.509. The molecule has 6 heteroatoms. The summed E-state index contributed by atoms with van der Waals surface area (Å²) in [5, 5.41) is 7.13. The number of nitrogens with one attached hydrogen (secondary N) is 1. The molecule has 1 N–H and O–H groups in total. The molecule has 0 unspecified atom stereocenters. The van der Waals surface area contributed by atoms with E-state index >= 15 is 0 Å². The van der Waals surface area contributed by atoms with E-state index in [1.807, 2.05) is 61.5 Å². The van der Waals surface area contributed by atoms with E-state index < -0.39 is 17.5 Å². The van der Waals surface area contributed by atoms with Gasteiger partial charge in [0.25, 0.3) is 5.91 Å². The van der Waals surface area contributed by atoms with E-state index in [1.54, 1.807) is 10.9 Å². The number of carbonyl (C=O) groups is 1. The van der Waals surface area contributed by atoms with Crippen LogP contribution in [0.4, 0.5) is 14.5 Å². The molecule has 0 radical (unpaired) electrons. The van der Waals surface area contributed by atoms with Gasteiger partial charge < -0.3 is 5.32 Å². The predicted octanol–water partition coefficient (Wildman–Crippen LogP) is 5.38. The first-order chi connectivity index (χ1) is 14.0. The van der Waals surface area contributed by atoms with Crippen LogP contribution in [0.3, 0.4) is 0 Å². The Kier molecular flexibility index (Phi) is 4.91. The molecule has 0 saturated carbocycles. The predicted molar refractivity (Wildman–Crippen MR) is 108 cm³/mol. The summed E-state index contributed by atoms with van der Waals surface area (Å²) in [7, 11) is 0. The monoisotopic (exact) mass is 389 g/mol. The Bertz CT molecular complexity index is 1190. The van der Waals surface area contributed by atoms with E-state index in [9.17, 15) is 13.6 Å². The molecular formula is C23H17F2N3O. The minimum Gasteiger partial charge on any atom is -0.319 e. The highest BCUT2D eigenvalue weighted by molar-refractivity contribution is 6.08. The Morgan fingerprint density at radius 1 is 0.966 bits per heavy atom. The fraction of sp³-hybridized carbons (Fsp3) is 0.0435. The van der Waals surface area contributed by atoms with Crippen molar-refractivity contribution in [3.8, 4) is 16.9 Å². The third-order valence-corrected chi connectivity index (χ3v) is 4.56. The number of carbonyl (C=O) groups excluding carboxylic acids is 1. The van der Waals surface area contributed by atoms with Crippen molar-refractivity contribution in [3.63, 3.8) is 0 Å². The molecule has 1 amide bonds. The minimum atomic E-state index is -0.841. The van der Waals surface area contributed by atoms with Gasteiger partial charge in [0.15, 0.2) is 0 Å². The minimum absolute atomic E-state index is 0.0976. The highest BCUT2D eigenvalue weighted by Crippen LogP contribution is 2.27. The number of anilines is 1. The maximum atomic E-state index is 14.0. The van der Waals surface area contributed by atoms with Crippen LogP contribution in [0, 0.1) is 18.6 Å². The second-order valence-electron chi connectivity index (χ2n) is 6.56. The van der Waals surface area contributed by atoms with Crippen molar-refractivity contribution in [2.24, 2.45) is 0 Å². The van der Waals surface area contributed by atoms with Gasteiger partial charge in [0.1, 0.15) is 17.3 Å². The average Bonchev–Trinajstić information content (AvgIpc) is 3.16. The van der Waals surface area contributed by atoms with Crippen molar-refractivity contribution < 1.29 is 13.6 Å². The molecule has 1 heterocycles. The molecule has 4 aromatic rings. The highest BCUT2D eigenvalue weighted by Gasteiger charge is 2.21. The van der Waals surface area contributed by atoms with Crippen LogP contribution in [0.2, 0.25) is 0 Å². The summed E-state index contributed by atoms with van der Waals surface area (Å²) in [6, 6.07) is 20.0. The maximum absolute atomic E-state index is 14.0. The summed E-state index contributed by atoms with van der Waals surface area (Å²) in [5.41, 5.74) is 3.20. The normalized spacial score (nSPS) is 10.7. The molecule has 0 aliphatic carbocycles. The Balaban J connectivity index is 1.79. The number of para-hydroxylation sites is 1. The fourth-order valence-corrected chi connectivity index (χ4v) is 3.07. The van der Waals surface area contributed by atoms with Crippen LogP contribution in [0.15, 0.2) is 79.0 Å². The summed E-state index contributed by atoms with van der Waals surface area (Å²) in [5.74, 6) is -2.08. The molecule has 3 aromatic carbocycles. The van der Waals surface area contributed by atoms with E-state index in [2.05, 4.69) is 10.4 Å². The molecule has 4 nitrogen and oxygen atoms in total. The number of benzene rings is 3. The van der Waals surface area contributed by atoms with Gasteiger partial charge in [-0.1, -0.05) is 42.5 Å². The van der Waals surface area contributed by atoms with Gasteiger partial charge in [-0.05, 0) is 36.8 Å². The third-order valence-electron chi connectivity index (χ3n) is 4.56. The smallest absolute Gasteiger partial charge is 0.259 e. The third kappa shape index (κ3) is 3.78. The van der Waals surface area contributed by atoms with Crippen LogP contribution in [0.25, 0.3) is 16.9 Å². The molecule has 0 atom stereocenters. The Labute approximate surface area is 166 Å². The van der Waals surface area contributed by atoms with Crippen molar-refractivity contribution in [1.29, 1.82) is 0 Å². The molecule has 1 aromatic heterocycles. The number of amides is 1. The van der Waals surface area contributed by atoms with Gasteiger partial charge in [0, 0.05) is 17.8 Å². The number of hydrogen-bond donors (Lipinski definition) is 1. The van der Waals surface area contributed by atoms with Crippen molar-refractivity contribution >= 4 is 11.6 Å². The molecule has 0 aliphatic heterocycles. The van der Waals surface area contributed by atoms with Crippen LogP contribution in [0.1, 0.15) is 15.9 Å². The van der Waals surface area contributed by atoms with Gasteiger partial charge >= 0.3 is 0 Å². The first kappa shape index (κ1) is 18.6. The van der Waals surface area contributed by atoms with Crippen molar-refractivity contribution in [2.45, 2.75) is 6.92 Å². The fourth-order valence-electron chi connectivity index (χ4n) is 3.07. The number of halogens is 2. The molecule has 0 aliphatic rings. The van der Waals surface area contributed by atoms with Gasteiger partial charge in [0.05, 0.1) is 16.9 Å². The zero-order valence-electron chi connectivity index (χ0n) is 15.6. The first-order valence-electron chi connectivity index (χ1n) is 9.00. The van der Waals surface area contributed by atoms with Crippen molar-refractivity contribution in [2.75, 3.05) is 5.32 Å². The number of aromatic nitrogens is 2. The first-order valence-corrected chi connectivity index (χ1v) is 9.00. The molecule has 29 heavy (non-hydrogen) atoms. The zero-order valence-corrected chi connectivity index (χ0v) is 15.6. The summed E-state index contributed by atoms with van der Waals surface area (Å²) >= 11 is 0. The topological polar surface area (TPSA) is 46.9 Å². The van der Waals surface area contributed by atoms with Crippen molar-refractivity contribution in [1.82, 2.24) is 9.78 Å². The second kappa shape index (κ2) is 7.67. The summed E-state index contributed by atoms with van der Waals surface area (Å²) in [4.78, 5) is 13.0. The lowest BCUT2D eigenvalue weighted by atomic mass is 10.0. The van der Waals surface area contributed by atoms with E-state index in [0.717, 1.165) is 28.9 Å². The Hall–Kier alpha value is -3.80. The second-order valence-corrected chi connectivity index (χ2v) is 6.56. The molecule has 4 rings (SSSR count). The zero-order chi connectivity index (χ0) is 20.4. The van der Waals surface area contributed by atoms with Gasteiger partial charge in [-0.2, -0.15) is 5.10 Å². The molecule has 0 bridgehead atoms. The molecule has 144 valence electrons. The largest absolute Gasteiger partial charge is 0.319 e. The van der Waals surface area contributed by atoms with Gasteiger partial charge in [0.2, 0.25) is 0 Å². The SMILES string of the molecule is Cc1ccccc1-c1nn(-c2ccccc2)cc1C(=O)Nc1ccc(F)cc1F. The van der Waals surface area contributed by atoms with E-state index in [0.29, 0.717) is 5.69 Å². The number of aryl methyl sites for hydroxylation is 1. The molecule has 0 saturated heterocycles. The van der Waals surface area contributed by atoms with Gasteiger partial charge in [-0.15, -0.1) is 0 Å². The van der Waals surface area contributed by atoms with Gasteiger partial charge in [-0.3, -0.25) is 4.79 Å². The lowest BCUT2D eigenvalue weighted by Crippen LogP contribution is -2.13. The summed E-state index contributed by atoms with van der Waals surface area (Å²) < 4.78 is 28.8. The standard InChI is InChI=1S/C23H17F2N3O/c1-15-7-5-6-10-18(15)22-19(14-28(27-22)17-8-3-2-4-9-17)23(29)26-21-12-11-16(24)13-20(21)25/h2-14H,1H3,(H,26,29). The number of rotatable bonds is 4. The lowest BCUT2D eigenvalue weighted by Gasteiger charge is -2.08. The lowest BCUT2D eigenvalue weighted by molar-refractivity contribution is 0.102. The van der Waals surface area contributed by atoms with Crippen LogP contribution in [-0.4, -0.2) is 15.7 Å². The van der Waals surface area contributed by atoms with Crippen LogP contribution in [0.5, 0.6) is 0 Å². The number of hydrogen-bond acceptors (Lipinski definition) is 2. The van der Waals surface area contributed by atoms with Gasteiger partial charge in [-0.25, -0.2) is 13.5 Å². The van der Waals surface area contributed by atoms with Crippen molar-refractivity contribution in [3.05, 3.63) is 102 Å². The highest BCUT2D eigenvalue weighted by atomic mass is 19.1.